The molecule has 54 heavy (non-hydrogen) atoms. The summed E-state index contributed by atoms with van der Waals surface area (Å²) in [6.07, 6.45) is 5.64. The first kappa shape index (κ1) is 38.9. The summed E-state index contributed by atoms with van der Waals surface area (Å²) < 4.78 is 15.6. The zero-order valence-electron chi connectivity index (χ0n) is 32.6. The molecule has 0 spiro atoms. The number of Topliss-reactive ketones (excluding diaryl/α,β-unsaturated/α-hetero) is 1. The standard InChI is InChI=1S/C45H59FN2O6/c1-25(10-15-39(52)53)32-13-14-33-41-34(22-38(51)44(32,33)5)43(4)18-19-45(54,23-30(43)21-37(41)50)17-16-29-12-11-28(20-35(29)46)24-47-42-31-8-6-7-9-36(31)48-26(2)40(42)27(3)49/h6-9,11-12,20,25,30,32-34,37-38,41,50-51,54H,10,13-19,21-24H2,1-5H3,(H,47,48)(H,52,53). The molecule has 0 radical (unpaired) electrons. The van der Waals surface area contributed by atoms with Crippen molar-refractivity contribution in [3.63, 3.8) is 0 Å². The van der Waals surface area contributed by atoms with Crippen molar-refractivity contribution >= 4 is 28.3 Å². The van der Waals surface area contributed by atoms with E-state index in [2.05, 4.69) is 31.1 Å². The van der Waals surface area contributed by atoms with Crippen molar-refractivity contribution in [2.75, 3.05) is 5.32 Å². The van der Waals surface area contributed by atoms with E-state index < -0.39 is 23.8 Å². The summed E-state index contributed by atoms with van der Waals surface area (Å²) >= 11 is 0. The summed E-state index contributed by atoms with van der Waals surface area (Å²) in [6.45, 7) is 10.3. The molecular weight excluding hydrogens is 684 g/mol. The minimum Gasteiger partial charge on any atom is -0.481 e. The second-order valence-corrected chi connectivity index (χ2v) is 18.2. The number of aliphatic hydroxyl groups excluding tert-OH is 2. The Morgan fingerprint density at radius 3 is 2.54 bits per heavy atom. The number of aryl methyl sites for hydroxylation is 2. The number of benzene rings is 2. The summed E-state index contributed by atoms with van der Waals surface area (Å²) in [5.74, 6) is -0.256. The molecular formula is C45H59FN2O6. The van der Waals surface area contributed by atoms with Crippen LogP contribution in [0.5, 0.6) is 0 Å². The van der Waals surface area contributed by atoms with Gasteiger partial charge in [0.15, 0.2) is 5.78 Å². The number of rotatable bonds is 11. The lowest BCUT2D eigenvalue weighted by atomic mass is 9.42. The number of carboxylic acids is 1. The lowest BCUT2D eigenvalue weighted by Crippen LogP contribution is -2.63. The van der Waals surface area contributed by atoms with Crippen LogP contribution in [-0.4, -0.2) is 55.0 Å². The number of ketones is 1. The fourth-order valence-electron chi connectivity index (χ4n) is 12.4. The maximum absolute atomic E-state index is 15.6. The predicted octanol–water partition coefficient (Wildman–Crippen LogP) is 8.26. The van der Waals surface area contributed by atoms with E-state index in [1.807, 2.05) is 37.3 Å². The number of halogens is 1. The van der Waals surface area contributed by atoms with E-state index in [4.69, 9.17) is 0 Å². The zero-order chi connectivity index (χ0) is 38.7. The summed E-state index contributed by atoms with van der Waals surface area (Å²) in [6, 6.07) is 12.9. The minimum absolute atomic E-state index is 0.0824. The molecule has 5 N–H and O–H groups in total. The molecule has 0 amide bonds. The van der Waals surface area contributed by atoms with Crippen molar-refractivity contribution in [2.45, 2.75) is 130 Å². The Hall–Kier alpha value is -3.40. The molecule has 2 aromatic carbocycles. The molecule has 1 heterocycles. The lowest BCUT2D eigenvalue weighted by molar-refractivity contribution is -0.216. The predicted molar refractivity (Wildman–Crippen MR) is 208 cm³/mol. The van der Waals surface area contributed by atoms with Crippen LogP contribution in [-0.2, 0) is 17.8 Å². The number of carboxylic acid groups (broad SMARTS) is 1. The Labute approximate surface area is 319 Å². The number of hydrogen-bond acceptors (Lipinski definition) is 7. The fourth-order valence-corrected chi connectivity index (χ4v) is 12.4. The van der Waals surface area contributed by atoms with Crippen LogP contribution in [0.25, 0.3) is 10.9 Å². The van der Waals surface area contributed by atoms with E-state index in [1.165, 1.54) is 13.0 Å². The molecule has 11 atom stereocenters. The summed E-state index contributed by atoms with van der Waals surface area (Å²) in [5.41, 5.74) is 2.54. The number of hydrogen-bond donors (Lipinski definition) is 5. The molecule has 4 aliphatic rings. The van der Waals surface area contributed by atoms with E-state index in [0.29, 0.717) is 74.0 Å². The van der Waals surface area contributed by atoms with Gasteiger partial charge in [0.1, 0.15) is 5.82 Å². The third-order valence-corrected chi connectivity index (χ3v) is 15.4. The van der Waals surface area contributed by atoms with Gasteiger partial charge in [-0.05, 0) is 148 Å². The summed E-state index contributed by atoms with van der Waals surface area (Å²) in [4.78, 5) is 28.5. The van der Waals surface area contributed by atoms with E-state index in [0.717, 1.165) is 35.7 Å². The highest BCUT2D eigenvalue weighted by Crippen LogP contribution is 2.69. The number of para-hydroxylation sites is 1. The minimum atomic E-state index is -0.966. The van der Waals surface area contributed by atoms with Gasteiger partial charge in [-0.2, -0.15) is 0 Å². The van der Waals surface area contributed by atoms with Crippen molar-refractivity contribution in [1.29, 1.82) is 0 Å². The Bertz CT molecular complexity index is 1920. The maximum atomic E-state index is 15.6. The molecule has 4 fully saturated rings. The number of aliphatic carboxylic acids is 1. The molecule has 0 aliphatic heterocycles. The van der Waals surface area contributed by atoms with Crippen molar-refractivity contribution in [2.24, 2.45) is 46.3 Å². The molecule has 4 saturated carbocycles. The number of pyridine rings is 1. The second kappa shape index (κ2) is 14.6. The highest BCUT2D eigenvalue weighted by Gasteiger charge is 2.66. The van der Waals surface area contributed by atoms with Crippen LogP contribution in [0.2, 0.25) is 0 Å². The van der Waals surface area contributed by atoms with Gasteiger partial charge in [0, 0.05) is 18.4 Å². The smallest absolute Gasteiger partial charge is 0.303 e. The summed E-state index contributed by atoms with van der Waals surface area (Å²) in [7, 11) is 0. The molecule has 11 unspecified atom stereocenters. The molecule has 1 aromatic heterocycles. The van der Waals surface area contributed by atoms with Gasteiger partial charge >= 0.3 is 5.97 Å². The second-order valence-electron chi connectivity index (χ2n) is 18.2. The highest BCUT2D eigenvalue weighted by molar-refractivity contribution is 6.08. The van der Waals surface area contributed by atoms with Crippen LogP contribution in [0.15, 0.2) is 42.5 Å². The van der Waals surface area contributed by atoms with E-state index in [1.54, 1.807) is 6.07 Å². The van der Waals surface area contributed by atoms with Crippen LogP contribution < -0.4 is 5.32 Å². The van der Waals surface area contributed by atoms with Crippen LogP contribution in [0.1, 0.15) is 119 Å². The van der Waals surface area contributed by atoms with Crippen molar-refractivity contribution in [3.05, 3.63) is 70.7 Å². The molecule has 9 heteroatoms. The van der Waals surface area contributed by atoms with Crippen LogP contribution in [0.3, 0.4) is 0 Å². The fraction of sp³-hybridized carbons (Fsp3) is 0.622. The van der Waals surface area contributed by atoms with Crippen molar-refractivity contribution < 1.29 is 34.4 Å². The Balaban J connectivity index is 1.01. The average Bonchev–Trinajstić information content (AvgIpc) is 3.48. The Morgan fingerprint density at radius 1 is 1.06 bits per heavy atom. The SMILES string of the molecule is CC(=O)c1c(C)nc2ccccc2c1NCc1ccc(CCC2(O)CCC3(C)C(CC(O)C4C3CC(O)C3(C)C(C(C)CCC(=O)O)CCC43)C2)c(F)c1. The van der Waals surface area contributed by atoms with Crippen molar-refractivity contribution in [3.8, 4) is 0 Å². The quantitative estimate of drug-likeness (QED) is 0.124. The van der Waals surface area contributed by atoms with E-state index >= 15 is 4.39 Å². The van der Waals surface area contributed by atoms with E-state index in [9.17, 15) is 30.0 Å². The number of nitrogens with zero attached hydrogens (tertiary/aromatic N) is 1. The highest BCUT2D eigenvalue weighted by atomic mass is 19.1. The lowest BCUT2D eigenvalue weighted by Gasteiger charge is -2.64. The topological polar surface area (TPSA) is 140 Å². The van der Waals surface area contributed by atoms with Gasteiger partial charge in [0.25, 0.3) is 0 Å². The van der Waals surface area contributed by atoms with Crippen LogP contribution in [0, 0.1) is 59.1 Å². The molecule has 4 aliphatic carbocycles. The molecule has 3 aromatic rings. The van der Waals surface area contributed by atoms with Gasteiger partial charge in [-0.3, -0.25) is 14.6 Å². The first-order chi connectivity index (χ1) is 25.6. The number of fused-ring (bicyclic) bond motifs is 6. The van der Waals surface area contributed by atoms with Crippen molar-refractivity contribution in [1.82, 2.24) is 4.98 Å². The molecule has 0 bridgehead atoms. The van der Waals surface area contributed by atoms with Crippen LogP contribution in [0.4, 0.5) is 10.1 Å². The van der Waals surface area contributed by atoms with Gasteiger partial charge in [-0.25, -0.2) is 4.39 Å². The largest absolute Gasteiger partial charge is 0.481 e. The maximum Gasteiger partial charge on any atom is 0.303 e. The Kier molecular flexibility index (Phi) is 10.5. The molecule has 7 rings (SSSR count). The van der Waals surface area contributed by atoms with Gasteiger partial charge < -0.3 is 25.7 Å². The first-order valence-corrected chi connectivity index (χ1v) is 20.3. The third kappa shape index (κ3) is 6.76. The normalized spacial score (nSPS) is 35.2. The van der Waals surface area contributed by atoms with E-state index in [-0.39, 0.29) is 64.4 Å². The number of carbonyl (C=O) groups excluding carboxylic acids is 1. The Morgan fingerprint density at radius 2 is 1.81 bits per heavy atom. The van der Waals surface area contributed by atoms with Gasteiger partial charge in [-0.15, -0.1) is 0 Å². The number of nitrogens with one attached hydrogen (secondary N) is 1. The average molecular weight is 743 g/mol. The molecule has 292 valence electrons. The van der Waals surface area contributed by atoms with Gasteiger partial charge in [0.05, 0.1) is 40.3 Å². The number of anilines is 1. The number of aromatic nitrogens is 1. The van der Waals surface area contributed by atoms with Gasteiger partial charge in [0.2, 0.25) is 0 Å². The molecule has 0 saturated heterocycles. The third-order valence-electron chi connectivity index (χ3n) is 15.4. The van der Waals surface area contributed by atoms with Crippen LogP contribution >= 0.6 is 0 Å². The number of carbonyl (C=O) groups is 2. The summed E-state index contributed by atoms with van der Waals surface area (Å²) in [5, 5.41) is 49.3. The zero-order valence-corrected chi connectivity index (χ0v) is 32.6. The number of aliphatic hydroxyl groups is 3. The first-order valence-electron chi connectivity index (χ1n) is 20.3. The molecule has 8 nitrogen and oxygen atoms in total. The van der Waals surface area contributed by atoms with Gasteiger partial charge in [-0.1, -0.05) is 51.1 Å². The monoisotopic (exact) mass is 742 g/mol.